The lowest BCUT2D eigenvalue weighted by Crippen LogP contribution is -2.11. The van der Waals surface area contributed by atoms with Gasteiger partial charge in [0.1, 0.15) is 5.75 Å². The van der Waals surface area contributed by atoms with E-state index in [0.717, 1.165) is 24.2 Å². The lowest BCUT2D eigenvalue weighted by molar-refractivity contribution is -0.116. The van der Waals surface area contributed by atoms with Crippen LogP contribution in [0, 0.1) is 6.92 Å². The molecule has 0 atom stereocenters. The number of carbonyl (C=O) groups excluding carboxylic acids is 1. The molecular weight excluding hydrogens is 272 g/mol. The van der Waals surface area contributed by atoms with E-state index in [-0.39, 0.29) is 5.91 Å². The minimum Gasteiger partial charge on any atom is -0.496 e. The average molecular weight is 290 g/mol. The Balaban J connectivity index is 1.78. The van der Waals surface area contributed by atoms with Crippen molar-refractivity contribution >= 4 is 22.4 Å². The Labute approximate surface area is 122 Å². The highest BCUT2D eigenvalue weighted by molar-refractivity contribution is 7.13. The van der Waals surface area contributed by atoms with Crippen LogP contribution in [0.3, 0.4) is 0 Å². The summed E-state index contributed by atoms with van der Waals surface area (Å²) in [6.45, 7) is 2.03. The molecule has 0 spiro atoms. The molecule has 1 aromatic heterocycles. The van der Waals surface area contributed by atoms with Crippen LogP contribution in [0.5, 0.6) is 5.75 Å². The normalized spacial score (nSPS) is 10.3. The van der Waals surface area contributed by atoms with Gasteiger partial charge < -0.3 is 10.1 Å². The van der Waals surface area contributed by atoms with E-state index in [1.807, 2.05) is 24.4 Å². The van der Waals surface area contributed by atoms with Crippen molar-refractivity contribution in [2.75, 3.05) is 12.4 Å². The first-order valence-electron chi connectivity index (χ1n) is 6.52. The van der Waals surface area contributed by atoms with Gasteiger partial charge in [-0.1, -0.05) is 12.1 Å². The molecule has 0 radical (unpaired) electrons. The van der Waals surface area contributed by atoms with Crippen LogP contribution in [-0.2, 0) is 11.2 Å². The van der Waals surface area contributed by atoms with Gasteiger partial charge in [-0.2, -0.15) is 0 Å². The van der Waals surface area contributed by atoms with Crippen LogP contribution in [-0.4, -0.2) is 18.0 Å². The highest BCUT2D eigenvalue weighted by Crippen LogP contribution is 2.19. The second-order valence-electron chi connectivity index (χ2n) is 4.54. The van der Waals surface area contributed by atoms with E-state index in [1.54, 1.807) is 13.3 Å². The number of hydrogen-bond acceptors (Lipinski definition) is 4. The van der Waals surface area contributed by atoms with Crippen LogP contribution in [0.1, 0.15) is 24.0 Å². The SMILES string of the molecule is COc1ccc(CCCC(=O)Nc2nccs2)cc1C. The number of anilines is 1. The number of carbonyl (C=O) groups is 1. The first kappa shape index (κ1) is 14.5. The zero-order chi connectivity index (χ0) is 14.4. The molecule has 5 heteroatoms. The van der Waals surface area contributed by atoms with Gasteiger partial charge in [0, 0.05) is 18.0 Å². The number of aryl methyl sites for hydroxylation is 2. The van der Waals surface area contributed by atoms with Crippen molar-refractivity contribution in [3.8, 4) is 5.75 Å². The Morgan fingerprint density at radius 1 is 1.45 bits per heavy atom. The molecule has 1 aromatic carbocycles. The number of aromatic nitrogens is 1. The van der Waals surface area contributed by atoms with Gasteiger partial charge in [0.25, 0.3) is 0 Å². The lowest BCUT2D eigenvalue weighted by atomic mass is 10.0. The fraction of sp³-hybridized carbons (Fsp3) is 0.333. The van der Waals surface area contributed by atoms with Crippen molar-refractivity contribution in [2.24, 2.45) is 0 Å². The first-order valence-corrected chi connectivity index (χ1v) is 7.40. The summed E-state index contributed by atoms with van der Waals surface area (Å²) in [5, 5.41) is 5.29. The summed E-state index contributed by atoms with van der Waals surface area (Å²) in [7, 11) is 1.67. The Morgan fingerprint density at radius 2 is 2.30 bits per heavy atom. The minimum absolute atomic E-state index is 0.0187. The van der Waals surface area contributed by atoms with E-state index in [0.29, 0.717) is 11.6 Å². The van der Waals surface area contributed by atoms with Crippen LogP contribution in [0.2, 0.25) is 0 Å². The fourth-order valence-electron chi connectivity index (χ4n) is 2.02. The number of nitrogens with one attached hydrogen (secondary N) is 1. The molecule has 1 amide bonds. The topological polar surface area (TPSA) is 51.2 Å². The van der Waals surface area contributed by atoms with Gasteiger partial charge in [-0.05, 0) is 37.0 Å². The van der Waals surface area contributed by atoms with Gasteiger partial charge in [-0.3, -0.25) is 4.79 Å². The summed E-state index contributed by atoms with van der Waals surface area (Å²) in [5.41, 5.74) is 2.35. The molecule has 0 aliphatic carbocycles. The third-order valence-electron chi connectivity index (χ3n) is 3.01. The van der Waals surface area contributed by atoms with E-state index in [4.69, 9.17) is 4.74 Å². The number of rotatable bonds is 6. The standard InChI is InChI=1S/C15H18N2O2S/c1-11-10-12(6-7-13(11)19-2)4-3-5-14(18)17-15-16-8-9-20-15/h6-10H,3-5H2,1-2H3,(H,16,17,18). The third kappa shape index (κ3) is 4.06. The van der Waals surface area contributed by atoms with Crippen LogP contribution >= 0.6 is 11.3 Å². The van der Waals surface area contributed by atoms with Crippen molar-refractivity contribution in [1.29, 1.82) is 0 Å². The van der Waals surface area contributed by atoms with Crippen molar-refractivity contribution in [1.82, 2.24) is 4.98 Å². The molecule has 4 nitrogen and oxygen atoms in total. The number of hydrogen-bond donors (Lipinski definition) is 1. The van der Waals surface area contributed by atoms with Gasteiger partial charge in [0.2, 0.25) is 5.91 Å². The first-order chi connectivity index (χ1) is 9.69. The summed E-state index contributed by atoms with van der Waals surface area (Å²) in [6, 6.07) is 6.13. The number of thiazole rings is 1. The number of amides is 1. The number of nitrogens with zero attached hydrogens (tertiary/aromatic N) is 1. The maximum Gasteiger partial charge on any atom is 0.226 e. The molecule has 0 bridgehead atoms. The Bertz CT molecular complexity index is 567. The van der Waals surface area contributed by atoms with Gasteiger partial charge in [-0.25, -0.2) is 4.98 Å². The van der Waals surface area contributed by atoms with Crippen molar-refractivity contribution in [3.63, 3.8) is 0 Å². The number of benzene rings is 1. The Kier molecular flexibility index (Phi) is 5.12. The fourth-order valence-corrected chi connectivity index (χ4v) is 2.56. The second kappa shape index (κ2) is 7.05. The molecule has 0 aliphatic heterocycles. The molecule has 1 heterocycles. The van der Waals surface area contributed by atoms with Crippen molar-refractivity contribution in [3.05, 3.63) is 40.9 Å². The summed E-state index contributed by atoms with van der Waals surface area (Å²) in [6.07, 6.45) is 3.89. The monoisotopic (exact) mass is 290 g/mol. The van der Waals surface area contributed by atoms with E-state index >= 15 is 0 Å². The molecule has 20 heavy (non-hydrogen) atoms. The predicted octanol–water partition coefficient (Wildman–Crippen LogP) is 3.42. The van der Waals surface area contributed by atoms with Crippen LogP contribution < -0.4 is 10.1 Å². The van der Waals surface area contributed by atoms with E-state index < -0.39 is 0 Å². The van der Waals surface area contributed by atoms with Crippen LogP contribution in [0.4, 0.5) is 5.13 Å². The van der Waals surface area contributed by atoms with E-state index in [1.165, 1.54) is 16.9 Å². The molecule has 0 saturated carbocycles. The summed E-state index contributed by atoms with van der Waals surface area (Å²) < 4.78 is 5.23. The Hall–Kier alpha value is -1.88. The van der Waals surface area contributed by atoms with Crippen LogP contribution in [0.15, 0.2) is 29.8 Å². The van der Waals surface area contributed by atoms with Gasteiger partial charge in [0.15, 0.2) is 5.13 Å². The molecule has 2 aromatic rings. The zero-order valence-corrected chi connectivity index (χ0v) is 12.5. The smallest absolute Gasteiger partial charge is 0.226 e. The molecule has 0 fully saturated rings. The molecule has 1 N–H and O–H groups in total. The average Bonchev–Trinajstić information content (AvgIpc) is 2.92. The van der Waals surface area contributed by atoms with Gasteiger partial charge in [-0.15, -0.1) is 11.3 Å². The predicted molar refractivity (Wildman–Crippen MR) is 81.4 cm³/mol. The number of methoxy groups -OCH3 is 1. The molecular formula is C15H18N2O2S. The lowest BCUT2D eigenvalue weighted by Gasteiger charge is -2.07. The highest BCUT2D eigenvalue weighted by Gasteiger charge is 2.05. The van der Waals surface area contributed by atoms with E-state index in [2.05, 4.69) is 16.4 Å². The molecule has 0 saturated heterocycles. The molecule has 0 aliphatic rings. The molecule has 0 unspecified atom stereocenters. The van der Waals surface area contributed by atoms with E-state index in [9.17, 15) is 4.79 Å². The minimum atomic E-state index is 0.0187. The summed E-state index contributed by atoms with van der Waals surface area (Å²) in [4.78, 5) is 15.7. The summed E-state index contributed by atoms with van der Waals surface area (Å²) >= 11 is 1.43. The maximum atomic E-state index is 11.7. The molecule has 2 rings (SSSR count). The van der Waals surface area contributed by atoms with Gasteiger partial charge >= 0.3 is 0 Å². The molecule has 106 valence electrons. The maximum absolute atomic E-state index is 11.7. The van der Waals surface area contributed by atoms with Crippen LogP contribution in [0.25, 0.3) is 0 Å². The highest BCUT2D eigenvalue weighted by atomic mass is 32.1. The van der Waals surface area contributed by atoms with Crippen molar-refractivity contribution < 1.29 is 9.53 Å². The zero-order valence-electron chi connectivity index (χ0n) is 11.7. The third-order valence-corrected chi connectivity index (χ3v) is 3.70. The Morgan fingerprint density at radius 3 is 2.95 bits per heavy atom. The number of ether oxygens (including phenoxy) is 1. The van der Waals surface area contributed by atoms with Crippen molar-refractivity contribution in [2.45, 2.75) is 26.2 Å². The largest absolute Gasteiger partial charge is 0.496 e. The quantitative estimate of drug-likeness (QED) is 0.887. The summed E-state index contributed by atoms with van der Waals surface area (Å²) in [5.74, 6) is 0.917. The van der Waals surface area contributed by atoms with Gasteiger partial charge in [0.05, 0.1) is 7.11 Å². The second-order valence-corrected chi connectivity index (χ2v) is 5.44.